The molecule has 0 aliphatic carbocycles. The van der Waals surface area contributed by atoms with Crippen molar-refractivity contribution in [2.24, 2.45) is 0 Å². The van der Waals surface area contributed by atoms with Gasteiger partial charge >= 0.3 is 0 Å². The number of sulfonamides is 1. The minimum absolute atomic E-state index is 0.0864. The van der Waals surface area contributed by atoms with Gasteiger partial charge in [-0.3, -0.25) is 9.10 Å². The van der Waals surface area contributed by atoms with Gasteiger partial charge in [0.05, 0.1) is 30.8 Å². The molecule has 0 bridgehead atoms. The number of amides is 1. The number of carbonyl (C=O) groups excluding carboxylic acids is 1. The summed E-state index contributed by atoms with van der Waals surface area (Å²) in [5.41, 5.74) is 1.96. The number of halogens is 1. The van der Waals surface area contributed by atoms with Crippen molar-refractivity contribution in [1.82, 2.24) is 5.32 Å². The van der Waals surface area contributed by atoms with E-state index in [0.717, 1.165) is 9.87 Å². The van der Waals surface area contributed by atoms with E-state index in [0.29, 0.717) is 27.8 Å². The highest BCUT2D eigenvalue weighted by Gasteiger charge is 2.28. The number of rotatable bonds is 9. The van der Waals surface area contributed by atoms with Gasteiger partial charge < -0.3 is 14.8 Å². The van der Waals surface area contributed by atoms with E-state index in [4.69, 9.17) is 21.1 Å². The number of aryl methyl sites for hydroxylation is 1. The van der Waals surface area contributed by atoms with Gasteiger partial charge in [-0.05, 0) is 68.4 Å². The number of hydrogen-bond acceptors (Lipinski definition) is 5. The summed E-state index contributed by atoms with van der Waals surface area (Å²) in [6, 6.07) is 17.6. The largest absolute Gasteiger partial charge is 0.497 e. The van der Waals surface area contributed by atoms with E-state index in [2.05, 4.69) is 5.32 Å². The van der Waals surface area contributed by atoms with Gasteiger partial charge in [-0.2, -0.15) is 0 Å². The SMILES string of the molecule is COc1ccc(OC)c([C@@H](C)NC(=O)CN(c2ccc(Cl)cc2)S(=O)(=O)c2ccc(C)cc2)c1. The number of methoxy groups -OCH3 is 2. The average Bonchev–Trinajstić information content (AvgIpc) is 2.83. The smallest absolute Gasteiger partial charge is 0.264 e. The Morgan fingerprint density at radius 3 is 2.24 bits per heavy atom. The summed E-state index contributed by atoms with van der Waals surface area (Å²) in [6.45, 7) is 3.24. The molecule has 0 heterocycles. The lowest BCUT2D eigenvalue weighted by atomic mass is 10.1. The van der Waals surface area contributed by atoms with Crippen LogP contribution in [0.3, 0.4) is 0 Å². The van der Waals surface area contributed by atoms with E-state index >= 15 is 0 Å². The fourth-order valence-corrected chi connectivity index (χ4v) is 4.98. The third-order valence-electron chi connectivity index (χ3n) is 5.29. The Bertz CT molecular complexity index is 1250. The Balaban J connectivity index is 1.90. The highest BCUT2D eigenvalue weighted by atomic mass is 35.5. The van der Waals surface area contributed by atoms with Gasteiger partial charge in [-0.25, -0.2) is 8.42 Å². The van der Waals surface area contributed by atoms with E-state index in [-0.39, 0.29) is 4.90 Å². The molecule has 0 aliphatic heterocycles. The molecule has 0 aromatic heterocycles. The van der Waals surface area contributed by atoms with E-state index in [1.54, 1.807) is 68.6 Å². The highest BCUT2D eigenvalue weighted by Crippen LogP contribution is 2.30. The van der Waals surface area contributed by atoms with Crippen LogP contribution in [0.2, 0.25) is 5.02 Å². The van der Waals surface area contributed by atoms with Crippen LogP contribution in [0.1, 0.15) is 24.1 Å². The number of anilines is 1. The van der Waals surface area contributed by atoms with Crippen LogP contribution in [0.15, 0.2) is 71.6 Å². The molecule has 0 saturated heterocycles. The standard InChI is InChI=1S/C25H27ClN2O5S/c1-17-5-12-22(13-6-17)34(30,31)28(20-9-7-19(26)8-10-20)16-25(29)27-18(2)23-15-21(32-3)11-14-24(23)33-4/h5-15,18H,16H2,1-4H3,(H,27,29)/t18-/m1/s1. The monoisotopic (exact) mass is 502 g/mol. The van der Waals surface area contributed by atoms with Crippen LogP contribution in [0.5, 0.6) is 11.5 Å². The summed E-state index contributed by atoms with van der Waals surface area (Å²) >= 11 is 5.99. The zero-order chi connectivity index (χ0) is 24.9. The van der Waals surface area contributed by atoms with Crippen LogP contribution < -0.4 is 19.1 Å². The lowest BCUT2D eigenvalue weighted by Gasteiger charge is -2.25. The quantitative estimate of drug-likeness (QED) is 0.457. The first-order valence-corrected chi connectivity index (χ1v) is 12.3. The summed E-state index contributed by atoms with van der Waals surface area (Å²) < 4.78 is 38.7. The van der Waals surface area contributed by atoms with Crippen LogP contribution in [0.25, 0.3) is 0 Å². The third kappa shape index (κ3) is 5.81. The van der Waals surface area contributed by atoms with Gasteiger partial charge in [-0.1, -0.05) is 29.3 Å². The van der Waals surface area contributed by atoms with Crippen molar-refractivity contribution in [3.05, 3.63) is 82.9 Å². The van der Waals surface area contributed by atoms with Crippen LogP contribution in [-0.2, 0) is 14.8 Å². The van der Waals surface area contributed by atoms with Crippen LogP contribution in [0.4, 0.5) is 5.69 Å². The lowest BCUT2D eigenvalue weighted by molar-refractivity contribution is -0.120. The summed E-state index contributed by atoms with van der Waals surface area (Å²) in [4.78, 5) is 13.1. The van der Waals surface area contributed by atoms with Crippen molar-refractivity contribution < 1.29 is 22.7 Å². The van der Waals surface area contributed by atoms with Gasteiger partial charge in [0, 0.05) is 10.6 Å². The van der Waals surface area contributed by atoms with E-state index in [9.17, 15) is 13.2 Å². The zero-order valence-corrected chi connectivity index (χ0v) is 21.0. The first-order chi connectivity index (χ1) is 16.1. The lowest BCUT2D eigenvalue weighted by Crippen LogP contribution is -2.41. The molecule has 3 rings (SSSR count). The molecule has 34 heavy (non-hydrogen) atoms. The second-order valence-corrected chi connectivity index (χ2v) is 10.00. The molecule has 0 saturated carbocycles. The fraction of sp³-hybridized carbons (Fsp3) is 0.240. The van der Waals surface area contributed by atoms with Gasteiger partial charge in [0.25, 0.3) is 10.0 Å². The summed E-state index contributed by atoms with van der Waals surface area (Å²) in [5, 5.41) is 3.32. The predicted molar refractivity (Wildman–Crippen MR) is 133 cm³/mol. The Morgan fingerprint density at radius 2 is 1.65 bits per heavy atom. The van der Waals surface area contributed by atoms with Crippen molar-refractivity contribution in [2.75, 3.05) is 25.1 Å². The Labute approximate surface area is 205 Å². The maximum absolute atomic E-state index is 13.5. The summed E-state index contributed by atoms with van der Waals surface area (Å²) in [5.74, 6) is 0.708. The molecular formula is C25H27ClN2O5S. The molecule has 0 spiro atoms. The van der Waals surface area contributed by atoms with Crippen LogP contribution >= 0.6 is 11.6 Å². The number of nitrogens with zero attached hydrogens (tertiary/aromatic N) is 1. The van der Waals surface area contributed by atoms with Crippen LogP contribution in [0, 0.1) is 6.92 Å². The highest BCUT2D eigenvalue weighted by molar-refractivity contribution is 7.92. The molecule has 0 unspecified atom stereocenters. The number of benzene rings is 3. The molecule has 7 nitrogen and oxygen atoms in total. The predicted octanol–water partition coefficient (Wildman–Crippen LogP) is 4.74. The number of ether oxygens (including phenoxy) is 2. The van der Waals surface area contributed by atoms with Gasteiger partial charge in [-0.15, -0.1) is 0 Å². The number of nitrogens with one attached hydrogen (secondary N) is 1. The maximum atomic E-state index is 13.5. The molecule has 180 valence electrons. The van der Waals surface area contributed by atoms with Crippen molar-refractivity contribution in [3.8, 4) is 11.5 Å². The summed E-state index contributed by atoms with van der Waals surface area (Å²) in [7, 11) is -0.930. The van der Waals surface area contributed by atoms with Crippen molar-refractivity contribution >= 4 is 33.2 Å². The average molecular weight is 503 g/mol. The first kappa shape index (κ1) is 25.4. The normalized spacial score (nSPS) is 12.0. The Morgan fingerprint density at radius 1 is 1.00 bits per heavy atom. The molecule has 0 aliphatic rings. The molecular weight excluding hydrogens is 476 g/mol. The van der Waals surface area contributed by atoms with E-state index < -0.39 is 28.5 Å². The molecule has 1 amide bonds. The minimum atomic E-state index is -4.02. The molecule has 0 radical (unpaired) electrons. The second kappa shape index (κ2) is 10.8. The van der Waals surface area contributed by atoms with Crippen LogP contribution in [-0.4, -0.2) is 35.1 Å². The molecule has 1 atom stereocenters. The molecule has 3 aromatic carbocycles. The van der Waals surface area contributed by atoms with Crippen molar-refractivity contribution in [1.29, 1.82) is 0 Å². The van der Waals surface area contributed by atoms with Gasteiger partial charge in [0.15, 0.2) is 0 Å². The molecule has 1 N–H and O–H groups in total. The minimum Gasteiger partial charge on any atom is -0.497 e. The topological polar surface area (TPSA) is 84.9 Å². The molecule has 9 heteroatoms. The van der Waals surface area contributed by atoms with Gasteiger partial charge in [0.1, 0.15) is 18.0 Å². The van der Waals surface area contributed by atoms with Crippen molar-refractivity contribution in [3.63, 3.8) is 0 Å². The molecule has 0 fully saturated rings. The van der Waals surface area contributed by atoms with E-state index in [1.807, 2.05) is 6.92 Å². The maximum Gasteiger partial charge on any atom is 0.264 e. The van der Waals surface area contributed by atoms with E-state index in [1.165, 1.54) is 19.2 Å². The Hall–Kier alpha value is -3.23. The Kier molecular flexibility index (Phi) is 8.06. The molecule has 3 aromatic rings. The van der Waals surface area contributed by atoms with Gasteiger partial charge in [0.2, 0.25) is 5.91 Å². The second-order valence-electron chi connectivity index (χ2n) is 7.70. The first-order valence-electron chi connectivity index (χ1n) is 10.5. The zero-order valence-electron chi connectivity index (χ0n) is 19.4. The number of carbonyl (C=O) groups is 1. The van der Waals surface area contributed by atoms with Crippen molar-refractivity contribution in [2.45, 2.75) is 24.8 Å². The fourth-order valence-electron chi connectivity index (χ4n) is 3.43. The third-order valence-corrected chi connectivity index (χ3v) is 7.33. The number of hydrogen-bond donors (Lipinski definition) is 1. The summed E-state index contributed by atoms with van der Waals surface area (Å²) in [6.07, 6.45) is 0.